The molecule has 4 nitrogen and oxygen atoms in total. The Morgan fingerprint density at radius 3 is 2.80 bits per heavy atom. The minimum absolute atomic E-state index is 0.745. The molecule has 2 atom stereocenters. The predicted molar refractivity (Wildman–Crippen MR) is 84.4 cm³/mol. The Morgan fingerprint density at radius 1 is 1.35 bits per heavy atom. The lowest BCUT2D eigenvalue weighted by Crippen LogP contribution is -2.22. The van der Waals surface area contributed by atoms with Gasteiger partial charge in [0.2, 0.25) is 0 Å². The standard InChI is InChI=1S/C15H24N4S/c1-4-12-13-14(18(3)17-12)19(15(20)16-13)9-11-8-6-5-7-10(11)2/h10-11H,4-9H2,1-3H3,(H,16,20). The van der Waals surface area contributed by atoms with Crippen molar-refractivity contribution >= 4 is 23.4 Å². The molecule has 1 fully saturated rings. The highest BCUT2D eigenvalue weighted by atomic mass is 32.1. The van der Waals surface area contributed by atoms with Crippen molar-refractivity contribution in [3.05, 3.63) is 10.5 Å². The molecule has 20 heavy (non-hydrogen) atoms. The van der Waals surface area contributed by atoms with Gasteiger partial charge < -0.3 is 9.55 Å². The summed E-state index contributed by atoms with van der Waals surface area (Å²) in [4.78, 5) is 3.37. The van der Waals surface area contributed by atoms with Crippen LogP contribution in [-0.4, -0.2) is 19.3 Å². The van der Waals surface area contributed by atoms with Gasteiger partial charge in [-0.1, -0.05) is 33.1 Å². The van der Waals surface area contributed by atoms with E-state index in [1.54, 1.807) is 0 Å². The van der Waals surface area contributed by atoms with Gasteiger partial charge in [0.1, 0.15) is 5.52 Å². The Bertz CT molecular complexity index is 663. The molecule has 0 aromatic carbocycles. The van der Waals surface area contributed by atoms with Crippen LogP contribution in [0.15, 0.2) is 0 Å². The van der Waals surface area contributed by atoms with Gasteiger partial charge in [0, 0.05) is 13.6 Å². The molecule has 0 saturated heterocycles. The smallest absolute Gasteiger partial charge is 0.179 e. The first-order chi connectivity index (χ1) is 9.61. The number of rotatable bonds is 3. The van der Waals surface area contributed by atoms with Gasteiger partial charge in [-0.05, 0) is 36.9 Å². The lowest BCUT2D eigenvalue weighted by molar-refractivity contribution is 0.229. The molecule has 0 aliphatic heterocycles. The Hall–Kier alpha value is -1.10. The van der Waals surface area contributed by atoms with Crippen LogP contribution in [0.3, 0.4) is 0 Å². The highest BCUT2D eigenvalue weighted by molar-refractivity contribution is 7.71. The molecule has 2 aromatic rings. The van der Waals surface area contributed by atoms with Crippen LogP contribution < -0.4 is 0 Å². The molecule has 1 N–H and O–H groups in total. The fourth-order valence-electron chi connectivity index (χ4n) is 3.59. The Labute approximate surface area is 125 Å². The van der Waals surface area contributed by atoms with Crippen LogP contribution in [0.4, 0.5) is 0 Å². The number of imidazole rings is 1. The predicted octanol–water partition coefficient (Wildman–Crippen LogP) is 3.82. The van der Waals surface area contributed by atoms with E-state index in [1.807, 2.05) is 11.7 Å². The van der Waals surface area contributed by atoms with Gasteiger partial charge in [-0.25, -0.2) is 0 Å². The molecule has 3 rings (SSSR count). The van der Waals surface area contributed by atoms with Gasteiger partial charge in [-0.2, -0.15) is 5.10 Å². The molecule has 0 amide bonds. The van der Waals surface area contributed by atoms with Crippen LogP contribution in [0.1, 0.15) is 45.2 Å². The van der Waals surface area contributed by atoms with Crippen LogP contribution in [0.2, 0.25) is 0 Å². The third kappa shape index (κ3) is 2.22. The van der Waals surface area contributed by atoms with Gasteiger partial charge >= 0.3 is 0 Å². The van der Waals surface area contributed by atoms with Gasteiger partial charge in [0.05, 0.1) is 5.69 Å². The van der Waals surface area contributed by atoms with E-state index < -0.39 is 0 Å². The van der Waals surface area contributed by atoms with E-state index in [-0.39, 0.29) is 0 Å². The van der Waals surface area contributed by atoms with E-state index in [0.717, 1.165) is 46.4 Å². The van der Waals surface area contributed by atoms with E-state index in [4.69, 9.17) is 12.2 Å². The maximum Gasteiger partial charge on any atom is 0.179 e. The van der Waals surface area contributed by atoms with Crippen molar-refractivity contribution in [1.29, 1.82) is 0 Å². The van der Waals surface area contributed by atoms with Crippen molar-refractivity contribution in [2.45, 2.75) is 52.5 Å². The van der Waals surface area contributed by atoms with Crippen molar-refractivity contribution in [2.75, 3.05) is 0 Å². The highest BCUT2D eigenvalue weighted by Gasteiger charge is 2.24. The monoisotopic (exact) mass is 292 g/mol. The highest BCUT2D eigenvalue weighted by Crippen LogP contribution is 2.32. The molecule has 2 heterocycles. The number of nitrogens with zero attached hydrogens (tertiary/aromatic N) is 3. The first kappa shape index (κ1) is 13.9. The Kier molecular flexibility index (Phi) is 3.71. The SMILES string of the molecule is CCc1nn(C)c2c1[nH]c(=S)n2CC1CCCCC1C. The van der Waals surface area contributed by atoms with Crippen LogP contribution in [0.5, 0.6) is 0 Å². The first-order valence-electron chi connectivity index (χ1n) is 7.76. The van der Waals surface area contributed by atoms with Crippen LogP contribution in [-0.2, 0) is 20.0 Å². The molecule has 2 aromatic heterocycles. The fraction of sp³-hybridized carbons (Fsp3) is 0.733. The van der Waals surface area contributed by atoms with E-state index in [9.17, 15) is 0 Å². The molecular weight excluding hydrogens is 268 g/mol. The summed E-state index contributed by atoms with van der Waals surface area (Å²) >= 11 is 5.55. The van der Waals surface area contributed by atoms with E-state index >= 15 is 0 Å². The fourth-order valence-corrected chi connectivity index (χ4v) is 3.86. The number of aryl methyl sites for hydroxylation is 2. The molecule has 5 heteroatoms. The van der Waals surface area contributed by atoms with E-state index in [0.29, 0.717) is 0 Å². The summed E-state index contributed by atoms with van der Waals surface area (Å²) in [6, 6.07) is 0. The average molecular weight is 292 g/mol. The molecule has 0 spiro atoms. The summed E-state index contributed by atoms with van der Waals surface area (Å²) < 4.78 is 5.09. The zero-order chi connectivity index (χ0) is 14.3. The van der Waals surface area contributed by atoms with Gasteiger partial charge in [0.15, 0.2) is 10.4 Å². The minimum atomic E-state index is 0.745. The number of H-pyrrole nitrogens is 1. The second kappa shape index (κ2) is 5.35. The molecule has 1 saturated carbocycles. The second-order valence-electron chi connectivity index (χ2n) is 6.19. The maximum atomic E-state index is 5.55. The lowest BCUT2D eigenvalue weighted by atomic mass is 9.80. The van der Waals surface area contributed by atoms with Crippen LogP contribution in [0, 0.1) is 16.6 Å². The molecule has 1 aliphatic rings. The second-order valence-corrected chi connectivity index (χ2v) is 6.57. The third-order valence-electron chi connectivity index (χ3n) is 4.86. The summed E-state index contributed by atoms with van der Waals surface area (Å²) in [5, 5.41) is 4.60. The van der Waals surface area contributed by atoms with Crippen molar-refractivity contribution in [3.63, 3.8) is 0 Å². The Balaban J connectivity index is 2.00. The summed E-state index contributed by atoms with van der Waals surface area (Å²) in [6.45, 7) is 5.56. The molecular formula is C15H24N4S. The van der Waals surface area contributed by atoms with E-state index in [2.05, 4.69) is 28.5 Å². The van der Waals surface area contributed by atoms with Crippen molar-refractivity contribution < 1.29 is 0 Å². The number of fused-ring (bicyclic) bond motifs is 1. The first-order valence-corrected chi connectivity index (χ1v) is 8.17. The third-order valence-corrected chi connectivity index (χ3v) is 5.19. The summed E-state index contributed by atoms with van der Waals surface area (Å²) in [7, 11) is 2.02. The minimum Gasteiger partial charge on any atom is -0.328 e. The zero-order valence-corrected chi connectivity index (χ0v) is 13.5. The molecule has 110 valence electrons. The van der Waals surface area contributed by atoms with Crippen molar-refractivity contribution in [1.82, 2.24) is 19.3 Å². The van der Waals surface area contributed by atoms with Gasteiger partial charge in [-0.3, -0.25) is 4.68 Å². The molecule has 0 radical (unpaired) electrons. The largest absolute Gasteiger partial charge is 0.328 e. The number of hydrogen-bond acceptors (Lipinski definition) is 2. The normalized spacial score (nSPS) is 23.6. The van der Waals surface area contributed by atoms with Gasteiger partial charge in [-0.15, -0.1) is 0 Å². The molecule has 1 aliphatic carbocycles. The Morgan fingerprint density at radius 2 is 2.10 bits per heavy atom. The topological polar surface area (TPSA) is 38.5 Å². The number of aromatic amines is 1. The number of hydrogen-bond donors (Lipinski definition) is 1. The van der Waals surface area contributed by atoms with Crippen molar-refractivity contribution in [2.24, 2.45) is 18.9 Å². The molecule has 2 unspecified atom stereocenters. The average Bonchev–Trinajstić information content (AvgIpc) is 2.91. The zero-order valence-electron chi connectivity index (χ0n) is 12.6. The summed E-state index contributed by atoms with van der Waals surface area (Å²) in [5.41, 5.74) is 3.40. The van der Waals surface area contributed by atoms with Crippen molar-refractivity contribution in [3.8, 4) is 0 Å². The maximum absolute atomic E-state index is 5.55. The summed E-state index contributed by atoms with van der Waals surface area (Å²) in [5.74, 6) is 1.55. The quantitative estimate of drug-likeness (QED) is 0.873. The number of nitrogens with one attached hydrogen (secondary N) is 1. The van der Waals surface area contributed by atoms with Crippen LogP contribution in [0.25, 0.3) is 11.2 Å². The van der Waals surface area contributed by atoms with Gasteiger partial charge in [0.25, 0.3) is 0 Å². The number of aromatic nitrogens is 4. The lowest BCUT2D eigenvalue weighted by Gasteiger charge is -2.29. The van der Waals surface area contributed by atoms with E-state index in [1.165, 1.54) is 25.7 Å². The molecule has 0 bridgehead atoms. The van der Waals surface area contributed by atoms with Crippen LogP contribution >= 0.6 is 12.2 Å². The summed E-state index contributed by atoms with van der Waals surface area (Å²) in [6.07, 6.45) is 6.37.